The summed E-state index contributed by atoms with van der Waals surface area (Å²) in [7, 11) is 0. The van der Waals surface area contributed by atoms with Gasteiger partial charge in [0.25, 0.3) is 0 Å². The molecular weight excluding hydrogens is 190 g/mol. The molecule has 2 rings (SSSR count). The van der Waals surface area contributed by atoms with E-state index in [4.69, 9.17) is 0 Å². The second-order valence-electron chi connectivity index (χ2n) is 3.87. The molecule has 1 fully saturated rings. The summed E-state index contributed by atoms with van der Waals surface area (Å²) in [4.78, 5) is 15.1. The number of aryl methyl sites for hydroxylation is 1. The smallest absolute Gasteiger partial charge is 0.220 e. The van der Waals surface area contributed by atoms with Gasteiger partial charge in [0, 0.05) is 36.6 Å². The molecule has 1 aromatic rings. The Kier molecular flexibility index (Phi) is 2.85. The number of hydrogen-bond donors (Lipinski definition) is 2. The fourth-order valence-corrected chi connectivity index (χ4v) is 1.73. The lowest BCUT2D eigenvalue weighted by Gasteiger charge is -2.12. The van der Waals surface area contributed by atoms with Crippen molar-refractivity contribution >= 4 is 11.6 Å². The minimum absolute atomic E-state index is 0.160. The van der Waals surface area contributed by atoms with Gasteiger partial charge in [-0.2, -0.15) is 0 Å². The molecule has 4 heteroatoms. The molecule has 1 unspecified atom stereocenters. The number of pyridine rings is 1. The second kappa shape index (κ2) is 4.29. The first-order valence-corrected chi connectivity index (χ1v) is 5.20. The minimum Gasteiger partial charge on any atom is -0.383 e. The molecule has 1 aliphatic heterocycles. The number of anilines is 1. The SMILES string of the molecule is Cc1cc(NCC2CCC(=O)N2)ccn1. The Balaban J connectivity index is 1.85. The number of amides is 1. The minimum atomic E-state index is 0.160. The van der Waals surface area contributed by atoms with Gasteiger partial charge in [-0.15, -0.1) is 0 Å². The largest absolute Gasteiger partial charge is 0.383 e. The van der Waals surface area contributed by atoms with Gasteiger partial charge in [0.05, 0.1) is 0 Å². The molecule has 0 spiro atoms. The zero-order valence-electron chi connectivity index (χ0n) is 8.79. The lowest BCUT2D eigenvalue weighted by atomic mass is 10.2. The predicted octanol–water partition coefficient (Wildman–Crippen LogP) is 1.08. The summed E-state index contributed by atoms with van der Waals surface area (Å²) in [5.74, 6) is 0.160. The van der Waals surface area contributed by atoms with E-state index in [0.717, 1.165) is 24.3 Å². The van der Waals surface area contributed by atoms with Gasteiger partial charge in [0.1, 0.15) is 0 Å². The van der Waals surface area contributed by atoms with Crippen LogP contribution in [0.15, 0.2) is 18.3 Å². The number of rotatable bonds is 3. The Morgan fingerprint density at radius 1 is 1.67 bits per heavy atom. The fourth-order valence-electron chi connectivity index (χ4n) is 1.73. The van der Waals surface area contributed by atoms with Crippen LogP contribution in [-0.2, 0) is 4.79 Å². The molecule has 0 bridgehead atoms. The van der Waals surface area contributed by atoms with E-state index >= 15 is 0 Å². The van der Waals surface area contributed by atoms with Crippen LogP contribution in [0.1, 0.15) is 18.5 Å². The molecule has 15 heavy (non-hydrogen) atoms. The summed E-state index contributed by atoms with van der Waals surface area (Å²) in [5.41, 5.74) is 2.05. The molecule has 80 valence electrons. The van der Waals surface area contributed by atoms with E-state index in [9.17, 15) is 4.79 Å². The van der Waals surface area contributed by atoms with Gasteiger partial charge in [0.2, 0.25) is 5.91 Å². The van der Waals surface area contributed by atoms with Gasteiger partial charge in [0.15, 0.2) is 0 Å². The normalized spacial score (nSPS) is 20.1. The van der Waals surface area contributed by atoms with E-state index in [-0.39, 0.29) is 11.9 Å². The first-order valence-electron chi connectivity index (χ1n) is 5.20. The highest BCUT2D eigenvalue weighted by atomic mass is 16.1. The molecule has 1 aliphatic rings. The monoisotopic (exact) mass is 205 g/mol. The van der Waals surface area contributed by atoms with Crippen molar-refractivity contribution < 1.29 is 4.79 Å². The fraction of sp³-hybridized carbons (Fsp3) is 0.455. The van der Waals surface area contributed by atoms with E-state index in [1.807, 2.05) is 19.1 Å². The number of nitrogens with zero attached hydrogens (tertiary/aromatic N) is 1. The molecular formula is C11H15N3O. The van der Waals surface area contributed by atoms with E-state index in [0.29, 0.717) is 6.42 Å². The summed E-state index contributed by atoms with van der Waals surface area (Å²) in [5, 5.41) is 6.21. The predicted molar refractivity (Wildman–Crippen MR) is 58.6 cm³/mol. The van der Waals surface area contributed by atoms with Gasteiger partial charge in [-0.3, -0.25) is 9.78 Å². The van der Waals surface area contributed by atoms with Crippen LogP contribution in [0.2, 0.25) is 0 Å². The van der Waals surface area contributed by atoms with E-state index in [2.05, 4.69) is 15.6 Å². The molecule has 1 saturated heterocycles. The maximum absolute atomic E-state index is 11.0. The van der Waals surface area contributed by atoms with Crippen molar-refractivity contribution in [3.63, 3.8) is 0 Å². The van der Waals surface area contributed by atoms with Gasteiger partial charge >= 0.3 is 0 Å². The summed E-state index contributed by atoms with van der Waals surface area (Å²) in [6.07, 6.45) is 3.36. The van der Waals surface area contributed by atoms with Crippen LogP contribution in [0.3, 0.4) is 0 Å². The van der Waals surface area contributed by atoms with Crippen molar-refractivity contribution in [3.05, 3.63) is 24.0 Å². The first-order chi connectivity index (χ1) is 7.24. The average Bonchev–Trinajstić information content (AvgIpc) is 2.62. The highest BCUT2D eigenvalue weighted by Gasteiger charge is 2.19. The van der Waals surface area contributed by atoms with E-state index in [1.54, 1.807) is 6.20 Å². The second-order valence-corrected chi connectivity index (χ2v) is 3.87. The number of aromatic nitrogens is 1. The standard InChI is InChI=1S/C11H15N3O/c1-8-6-9(4-5-12-8)13-7-10-2-3-11(15)14-10/h4-6,10H,2-3,7H2,1H3,(H,12,13)(H,14,15). The van der Waals surface area contributed by atoms with Crippen molar-refractivity contribution in [2.75, 3.05) is 11.9 Å². The molecule has 0 saturated carbocycles. The number of nitrogens with one attached hydrogen (secondary N) is 2. The number of hydrogen-bond acceptors (Lipinski definition) is 3. The maximum atomic E-state index is 11.0. The van der Waals surface area contributed by atoms with E-state index < -0.39 is 0 Å². The van der Waals surface area contributed by atoms with Crippen LogP contribution < -0.4 is 10.6 Å². The Hall–Kier alpha value is -1.58. The molecule has 1 aromatic heterocycles. The van der Waals surface area contributed by atoms with Gasteiger partial charge in [-0.1, -0.05) is 0 Å². The van der Waals surface area contributed by atoms with Crippen molar-refractivity contribution in [1.29, 1.82) is 0 Å². The molecule has 0 aliphatic carbocycles. The topological polar surface area (TPSA) is 54.0 Å². The van der Waals surface area contributed by atoms with Crippen molar-refractivity contribution in [2.45, 2.75) is 25.8 Å². The van der Waals surface area contributed by atoms with Crippen LogP contribution in [0.4, 0.5) is 5.69 Å². The van der Waals surface area contributed by atoms with Crippen LogP contribution in [0, 0.1) is 6.92 Å². The van der Waals surface area contributed by atoms with Crippen LogP contribution in [-0.4, -0.2) is 23.5 Å². The van der Waals surface area contributed by atoms with Gasteiger partial charge in [-0.05, 0) is 25.5 Å². The molecule has 2 heterocycles. The summed E-state index contributed by atoms with van der Waals surface area (Å²) in [6.45, 7) is 2.75. The molecule has 4 nitrogen and oxygen atoms in total. The molecule has 2 N–H and O–H groups in total. The molecule has 0 aromatic carbocycles. The quantitative estimate of drug-likeness (QED) is 0.776. The summed E-state index contributed by atoms with van der Waals surface area (Å²) in [6, 6.07) is 4.20. The third-order valence-corrected chi connectivity index (χ3v) is 2.53. The highest BCUT2D eigenvalue weighted by Crippen LogP contribution is 2.10. The molecule has 1 amide bonds. The lowest BCUT2D eigenvalue weighted by Crippen LogP contribution is -2.31. The Morgan fingerprint density at radius 2 is 2.53 bits per heavy atom. The Morgan fingerprint density at radius 3 is 3.20 bits per heavy atom. The number of carbonyl (C=O) groups excluding carboxylic acids is 1. The van der Waals surface area contributed by atoms with Crippen molar-refractivity contribution in [3.8, 4) is 0 Å². The molecule has 1 atom stereocenters. The Bertz CT molecular complexity index is 365. The third kappa shape index (κ3) is 2.68. The summed E-state index contributed by atoms with van der Waals surface area (Å²) >= 11 is 0. The lowest BCUT2D eigenvalue weighted by molar-refractivity contribution is -0.119. The number of carbonyl (C=O) groups is 1. The zero-order valence-corrected chi connectivity index (χ0v) is 8.79. The Labute approximate surface area is 89.1 Å². The maximum Gasteiger partial charge on any atom is 0.220 e. The zero-order chi connectivity index (χ0) is 10.7. The van der Waals surface area contributed by atoms with Gasteiger partial charge < -0.3 is 10.6 Å². The third-order valence-electron chi connectivity index (χ3n) is 2.53. The average molecular weight is 205 g/mol. The first kappa shape index (κ1) is 9.96. The molecule has 0 radical (unpaired) electrons. The highest BCUT2D eigenvalue weighted by molar-refractivity contribution is 5.78. The van der Waals surface area contributed by atoms with Crippen LogP contribution >= 0.6 is 0 Å². The van der Waals surface area contributed by atoms with Crippen molar-refractivity contribution in [2.24, 2.45) is 0 Å². The van der Waals surface area contributed by atoms with Crippen molar-refractivity contribution in [1.82, 2.24) is 10.3 Å². The van der Waals surface area contributed by atoms with E-state index in [1.165, 1.54) is 0 Å². The van der Waals surface area contributed by atoms with Gasteiger partial charge in [-0.25, -0.2) is 0 Å². The van der Waals surface area contributed by atoms with Crippen LogP contribution in [0.5, 0.6) is 0 Å². The summed E-state index contributed by atoms with van der Waals surface area (Å²) < 4.78 is 0. The van der Waals surface area contributed by atoms with Crippen LogP contribution in [0.25, 0.3) is 0 Å².